The first-order chi connectivity index (χ1) is 13.5. The third-order valence-corrected chi connectivity index (χ3v) is 4.37. The zero-order chi connectivity index (χ0) is 20.1. The standard InChI is InChI=1S/C21H14Cl2N2O3/c1-27-16-5-3-15(4-6-16)25-21(26)13(12-24)10-17-7-9-20(28-17)18-8-2-14(22)11-19(18)23/h2-11H,1H3,(H,25,26)/b13-10+. The van der Waals surface area contributed by atoms with Gasteiger partial charge in [-0.25, -0.2) is 0 Å². The second kappa shape index (κ2) is 8.66. The Kier molecular flexibility index (Phi) is 6.05. The van der Waals surface area contributed by atoms with Gasteiger partial charge < -0.3 is 14.5 Å². The molecule has 2 aromatic carbocycles. The lowest BCUT2D eigenvalue weighted by Crippen LogP contribution is -2.13. The van der Waals surface area contributed by atoms with Crippen LogP contribution in [-0.2, 0) is 4.79 Å². The second-order valence-corrected chi connectivity index (χ2v) is 6.52. The molecule has 0 aliphatic carbocycles. The number of methoxy groups -OCH3 is 1. The Labute approximate surface area is 171 Å². The summed E-state index contributed by atoms with van der Waals surface area (Å²) in [7, 11) is 1.55. The highest BCUT2D eigenvalue weighted by Crippen LogP contribution is 2.32. The van der Waals surface area contributed by atoms with E-state index < -0.39 is 5.91 Å². The van der Waals surface area contributed by atoms with Gasteiger partial charge in [-0.1, -0.05) is 23.2 Å². The number of ether oxygens (including phenoxy) is 1. The van der Waals surface area contributed by atoms with Crippen molar-refractivity contribution in [1.29, 1.82) is 5.26 Å². The summed E-state index contributed by atoms with van der Waals surface area (Å²) in [5.41, 5.74) is 1.10. The van der Waals surface area contributed by atoms with E-state index in [4.69, 9.17) is 32.4 Å². The molecule has 0 radical (unpaired) electrons. The van der Waals surface area contributed by atoms with Crippen molar-refractivity contribution < 1.29 is 13.9 Å². The summed E-state index contributed by atoms with van der Waals surface area (Å²) in [6.45, 7) is 0. The fraction of sp³-hybridized carbons (Fsp3) is 0.0476. The van der Waals surface area contributed by atoms with Crippen LogP contribution < -0.4 is 10.1 Å². The van der Waals surface area contributed by atoms with Crippen LogP contribution in [0.25, 0.3) is 17.4 Å². The molecule has 0 saturated carbocycles. The topological polar surface area (TPSA) is 75.3 Å². The molecular weight excluding hydrogens is 399 g/mol. The van der Waals surface area contributed by atoms with Crippen molar-refractivity contribution in [3.63, 3.8) is 0 Å². The Hall–Kier alpha value is -3.20. The number of hydrogen-bond acceptors (Lipinski definition) is 4. The Morgan fingerprint density at radius 3 is 2.54 bits per heavy atom. The first-order valence-electron chi connectivity index (χ1n) is 8.12. The van der Waals surface area contributed by atoms with E-state index in [1.165, 1.54) is 6.08 Å². The Morgan fingerprint density at radius 2 is 1.89 bits per heavy atom. The number of hydrogen-bond donors (Lipinski definition) is 1. The van der Waals surface area contributed by atoms with Gasteiger partial charge in [0, 0.05) is 22.3 Å². The Bertz CT molecular complexity index is 1080. The average molecular weight is 413 g/mol. The number of benzene rings is 2. The van der Waals surface area contributed by atoms with Crippen molar-refractivity contribution in [2.75, 3.05) is 12.4 Å². The van der Waals surface area contributed by atoms with E-state index in [0.29, 0.717) is 38.6 Å². The summed E-state index contributed by atoms with van der Waals surface area (Å²) < 4.78 is 10.8. The van der Waals surface area contributed by atoms with Gasteiger partial charge in [-0.05, 0) is 54.6 Å². The van der Waals surface area contributed by atoms with Gasteiger partial charge in [0.2, 0.25) is 0 Å². The van der Waals surface area contributed by atoms with E-state index in [-0.39, 0.29) is 5.57 Å². The van der Waals surface area contributed by atoms with Gasteiger partial charge in [0.05, 0.1) is 12.1 Å². The highest BCUT2D eigenvalue weighted by Gasteiger charge is 2.13. The minimum Gasteiger partial charge on any atom is -0.497 e. The molecule has 0 fully saturated rings. The summed E-state index contributed by atoms with van der Waals surface area (Å²) in [6, 6.07) is 17.1. The average Bonchev–Trinajstić information content (AvgIpc) is 3.15. The largest absolute Gasteiger partial charge is 0.497 e. The van der Waals surface area contributed by atoms with Gasteiger partial charge in [0.1, 0.15) is 28.9 Å². The van der Waals surface area contributed by atoms with Crippen molar-refractivity contribution >= 4 is 40.9 Å². The summed E-state index contributed by atoms with van der Waals surface area (Å²) in [5.74, 6) is 0.969. The number of nitrogens with one attached hydrogen (secondary N) is 1. The van der Waals surface area contributed by atoms with Crippen LogP contribution in [0.3, 0.4) is 0 Å². The third-order valence-electron chi connectivity index (χ3n) is 3.82. The van der Waals surface area contributed by atoms with Gasteiger partial charge in [0.15, 0.2) is 0 Å². The summed E-state index contributed by atoms with van der Waals surface area (Å²) >= 11 is 12.1. The quantitative estimate of drug-likeness (QED) is 0.423. The molecule has 1 N–H and O–H groups in total. The summed E-state index contributed by atoms with van der Waals surface area (Å²) in [4.78, 5) is 12.4. The van der Waals surface area contributed by atoms with Crippen LogP contribution in [0.1, 0.15) is 5.76 Å². The first-order valence-corrected chi connectivity index (χ1v) is 8.88. The van der Waals surface area contributed by atoms with E-state index >= 15 is 0 Å². The molecule has 0 spiro atoms. The molecule has 1 heterocycles. The highest BCUT2D eigenvalue weighted by atomic mass is 35.5. The maximum atomic E-state index is 12.4. The van der Waals surface area contributed by atoms with E-state index in [2.05, 4.69) is 5.32 Å². The number of rotatable bonds is 5. The molecule has 140 valence electrons. The number of halogens is 2. The minimum atomic E-state index is -0.546. The van der Waals surface area contributed by atoms with E-state index in [1.54, 1.807) is 61.7 Å². The normalized spacial score (nSPS) is 11.0. The zero-order valence-electron chi connectivity index (χ0n) is 14.7. The molecule has 0 saturated heterocycles. The molecule has 0 aliphatic heterocycles. The minimum absolute atomic E-state index is 0.0982. The molecule has 0 aliphatic rings. The van der Waals surface area contributed by atoms with Crippen molar-refractivity contribution in [3.8, 4) is 23.1 Å². The zero-order valence-corrected chi connectivity index (χ0v) is 16.2. The maximum Gasteiger partial charge on any atom is 0.266 e. The van der Waals surface area contributed by atoms with Crippen LogP contribution in [0.4, 0.5) is 5.69 Å². The first kappa shape index (κ1) is 19.6. The lowest BCUT2D eigenvalue weighted by molar-refractivity contribution is -0.112. The molecular formula is C21H14Cl2N2O3. The predicted molar refractivity (Wildman–Crippen MR) is 109 cm³/mol. The number of nitriles is 1. The number of anilines is 1. The molecule has 0 unspecified atom stereocenters. The third kappa shape index (κ3) is 4.55. The lowest BCUT2D eigenvalue weighted by Gasteiger charge is -2.05. The number of furan rings is 1. The molecule has 3 aromatic rings. The van der Waals surface area contributed by atoms with Crippen LogP contribution in [0, 0.1) is 11.3 Å². The van der Waals surface area contributed by atoms with Crippen molar-refractivity contribution in [3.05, 3.63) is 76.0 Å². The summed E-state index contributed by atoms with van der Waals surface area (Å²) in [5, 5.41) is 13.0. The predicted octanol–water partition coefficient (Wildman–Crippen LogP) is 5.81. The van der Waals surface area contributed by atoms with E-state index in [0.717, 1.165) is 0 Å². The number of nitrogens with zero attached hydrogens (tertiary/aromatic N) is 1. The van der Waals surface area contributed by atoms with Crippen LogP contribution in [-0.4, -0.2) is 13.0 Å². The molecule has 0 bridgehead atoms. The van der Waals surface area contributed by atoms with Gasteiger partial charge in [-0.2, -0.15) is 5.26 Å². The number of carbonyl (C=O) groups excluding carboxylic acids is 1. The fourth-order valence-corrected chi connectivity index (χ4v) is 2.93. The van der Waals surface area contributed by atoms with Gasteiger partial charge >= 0.3 is 0 Å². The SMILES string of the molecule is COc1ccc(NC(=O)/C(C#N)=C/c2ccc(-c3ccc(Cl)cc3Cl)o2)cc1. The van der Waals surface area contributed by atoms with Crippen molar-refractivity contribution in [1.82, 2.24) is 0 Å². The fourth-order valence-electron chi connectivity index (χ4n) is 2.43. The van der Waals surface area contributed by atoms with Crippen LogP contribution in [0.15, 0.2) is 64.6 Å². The lowest BCUT2D eigenvalue weighted by atomic mass is 10.2. The van der Waals surface area contributed by atoms with Gasteiger partial charge in [-0.3, -0.25) is 4.79 Å². The molecule has 0 atom stereocenters. The number of amides is 1. The molecule has 5 nitrogen and oxygen atoms in total. The molecule has 3 rings (SSSR count). The molecule has 7 heteroatoms. The van der Waals surface area contributed by atoms with Gasteiger partial charge in [0.25, 0.3) is 5.91 Å². The van der Waals surface area contributed by atoms with Crippen molar-refractivity contribution in [2.24, 2.45) is 0 Å². The van der Waals surface area contributed by atoms with E-state index in [9.17, 15) is 10.1 Å². The second-order valence-electron chi connectivity index (χ2n) is 5.68. The number of carbonyl (C=O) groups is 1. The smallest absolute Gasteiger partial charge is 0.266 e. The summed E-state index contributed by atoms with van der Waals surface area (Å²) in [6.07, 6.45) is 1.37. The monoisotopic (exact) mass is 412 g/mol. The Balaban J connectivity index is 1.79. The highest BCUT2D eigenvalue weighted by molar-refractivity contribution is 6.36. The van der Waals surface area contributed by atoms with Gasteiger partial charge in [-0.15, -0.1) is 0 Å². The molecule has 28 heavy (non-hydrogen) atoms. The van der Waals surface area contributed by atoms with E-state index in [1.807, 2.05) is 6.07 Å². The maximum absolute atomic E-state index is 12.4. The van der Waals surface area contributed by atoms with Crippen molar-refractivity contribution in [2.45, 2.75) is 0 Å². The van der Waals surface area contributed by atoms with Crippen LogP contribution >= 0.6 is 23.2 Å². The molecule has 1 aromatic heterocycles. The van der Waals surface area contributed by atoms with Crippen LogP contribution in [0.5, 0.6) is 5.75 Å². The van der Waals surface area contributed by atoms with Crippen LogP contribution in [0.2, 0.25) is 10.0 Å². The molecule has 1 amide bonds. The Morgan fingerprint density at radius 1 is 1.14 bits per heavy atom.